The van der Waals surface area contributed by atoms with E-state index in [0.29, 0.717) is 0 Å². The molecule has 3 heteroatoms. The molecule has 78 valence electrons. The number of hydrogen-bond acceptors (Lipinski definition) is 3. The van der Waals surface area contributed by atoms with Crippen molar-refractivity contribution in [3.05, 3.63) is 29.8 Å². The maximum atomic E-state index is 8.93. The maximum absolute atomic E-state index is 8.93. The Bertz CT molecular complexity index is 272. The van der Waals surface area contributed by atoms with Gasteiger partial charge < -0.3 is 15.5 Å². The molecule has 0 atom stereocenters. The van der Waals surface area contributed by atoms with Crippen LogP contribution in [0.3, 0.4) is 0 Å². The third kappa shape index (κ3) is 2.72. The summed E-state index contributed by atoms with van der Waals surface area (Å²) in [6.07, 6.45) is 0.937. The number of hydrogen-bond donors (Lipinski definition) is 3. The molecule has 1 aromatic rings. The lowest BCUT2D eigenvalue weighted by Crippen LogP contribution is -2.28. The molecule has 14 heavy (non-hydrogen) atoms. The summed E-state index contributed by atoms with van der Waals surface area (Å²) in [5.41, 5.74) is 2.18. The summed E-state index contributed by atoms with van der Waals surface area (Å²) in [5.74, 6) is 0. The van der Waals surface area contributed by atoms with Gasteiger partial charge >= 0.3 is 0 Å². The number of aliphatic hydroxyl groups is 2. The molecule has 0 aromatic heterocycles. The summed E-state index contributed by atoms with van der Waals surface area (Å²) in [6, 6.07) is 7.64. The molecule has 0 aliphatic rings. The van der Waals surface area contributed by atoms with Crippen molar-refractivity contribution in [2.45, 2.75) is 19.4 Å². The summed E-state index contributed by atoms with van der Waals surface area (Å²) in [7, 11) is 0. The van der Waals surface area contributed by atoms with Gasteiger partial charge in [-0.25, -0.2) is 0 Å². The first-order valence-electron chi connectivity index (χ1n) is 4.88. The van der Waals surface area contributed by atoms with E-state index in [9.17, 15) is 0 Å². The molecule has 0 radical (unpaired) electrons. The molecule has 3 N–H and O–H groups in total. The molecule has 0 amide bonds. The summed E-state index contributed by atoms with van der Waals surface area (Å²) in [6.45, 7) is 1.95. The zero-order valence-electron chi connectivity index (χ0n) is 8.40. The van der Waals surface area contributed by atoms with Crippen molar-refractivity contribution in [3.8, 4) is 0 Å². The van der Waals surface area contributed by atoms with Gasteiger partial charge in [-0.05, 0) is 18.1 Å². The van der Waals surface area contributed by atoms with Crippen LogP contribution in [0.1, 0.15) is 12.5 Å². The minimum absolute atomic E-state index is 0.0610. The lowest BCUT2D eigenvalue weighted by Gasteiger charge is -2.17. The van der Waals surface area contributed by atoms with Crippen LogP contribution in [-0.4, -0.2) is 29.5 Å². The first kappa shape index (κ1) is 11.0. The number of aryl methyl sites for hydroxylation is 1. The van der Waals surface area contributed by atoms with E-state index in [2.05, 4.69) is 12.2 Å². The number of para-hydroxylation sites is 1. The highest BCUT2D eigenvalue weighted by atomic mass is 16.3. The van der Waals surface area contributed by atoms with Crippen LogP contribution in [0, 0.1) is 0 Å². The first-order chi connectivity index (χ1) is 6.81. The second-order valence-corrected chi connectivity index (χ2v) is 3.22. The van der Waals surface area contributed by atoms with E-state index >= 15 is 0 Å². The Morgan fingerprint density at radius 3 is 2.43 bits per heavy atom. The minimum Gasteiger partial charge on any atom is -0.394 e. The largest absolute Gasteiger partial charge is 0.394 e. The fraction of sp³-hybridized carbons (Fsp3) is 0.455. The molecular weight excluding hydrogens is 178 g/mol. The normalized spacial score (nSPS) is 10.6. The smallest absolute Gasteiger partial charge is 0.0723 e. The Morgan fingerprint density at radius 1 is 1.21 bits per heavy atom. The lowest BCUT2D eigenvalue weighted by molar-refractivity contribution is 0.204. The average Bonchev–Trinajstić information content (AvgIpc) is 2.26. The van der Waals surface area contributed by atoms with Crippen LogP contribution in [0.2, 0.25) is 0 Å². The quantitative estimate of drug-likeness (QED) is 0.657. The van der Waals surface area contributed by atoms with Crippen LogP contribution in [0.15, 0.2) is 24.3 Å². The predicted octanol–water partition coefficient (Wildman–Crippen LogP) is 1.01. The number of nitrogens with one attached hydrogen (secondary N) is 1. The molecule has 0 bridgehead atoms. The van der Waals surface area contributed by atoms with Crippen LogP contribution >= 0.6 is 0 Å². The minimum atomic E-state index is -0.275. The Balaban J connectivity index is 2.74. The standard InChI is InChI=1S/C11H17NO2/c1-2-9-5-3-4-6-11(9)12-10(7-13)8-14/h3-6,10,12-14H,2,7-8H2,1H3. The van der Waals surface area contributed by atoms with Crippen molar-refractivity contribution in [3.63, 3.8) is 0 Å². The summed E-state index contributed by atoms with van der Waals surface area (Å²) in [5, 5.41) is 21.0. The summed E-state index contributed by atoms with van der Waals surface area (Å²) >= 11 is 0. The molecule has 0 saturated heterocycles. The van der Waals surface area contributed by atoms with Crippen molar-refractivity contribution < 1.29 is 10.2 Å². The van der Waals surface area contributed by atoms with Gasteiger partial charge in [-0.3, -0.25) is 0 Å². The Labute approximate surface area is 84.4 Å². The second kappa shape index (κ2) is 5.62. The lowest BCUT2D eigenvalue weighted by atomic mass is 10.1. The van der Waals surface area contributed by atoms with Gasteiger partial charge in [0, 0.05) is 5.69 Å². The van der Waals surface area contributed by atoms with Crippen molar-refractivity contribution >= 4 is 5.69 Å². The zero-order valence-corrected chi connectivity index (χ0v) is 8.40. The van der Waals surface area contributed by atoms with Crippen LogP contribution < -0.4 is 5.32 Å². The predicted molar refractivity (Wildman–Crippen MR) is 57.4 cm³/mol. The van der Waals surface area contributed by atoms with Crippen molar-refractivity contribution in [2.24, 2.45) is 0 Å². The fourth-order valence-electron chi connectivity index (χ4n) is 1.34. The van der Waals surface area contributed by atoms with Crippen molar-refractivity contribution in [2.75, 3.05) is 18.5 Å². The van der Waals surface area contributed by atoms with Crippen LogP contribution in [0.25, 0.3) is 0 Å². The van der Waals surface area contributed by atoms with Crippen LogP contribution in [0.4, 0.5) is 5.69 Å². The van der Waals surface area contributed by atoms with Gasteiger partial charge in [0.2, 0.25) is 0 Å². The Hall–Kier alpha value is -1.06. The molecule has 3 nitrogen and oxygen atoms in total. The van der Waals surface area contributed by atoms with E-state index in [1.807, 2.05) is 24.3 Å². The van der Waals surface area contributed by atoms with Gasteiger partial charge in [-0.15, -0.1) is 0 Å². The summed E-state index contributed by atoms with van der Waals surface area (Å²) in [4.78, 5) is 0. The zero-order chi connectivity index (χ0) is 10.4. The third-order valence-corrected chi connectivity index (χ3v) is 2.20. The number of anilines is 1. The molecule has 0 fully saturated rings. The third-order valence-electron chi connectivity index (χ3n) is 2.20. The highest BCUT2D eigenvalue weighted by molar-refractivity contribution is 5.51. The summed E-state index contributed by atoms with van der Waals surface area (Å²) < 4.78 is 0. The monoisotopic (exact) mass is 195 g/mol. The molecule has 1 aromatic carbocycles. The number of aliphatic hydroxyl groups excluding tert-OH is 2. The van der Waals surface area contributed by atoms with Crippen LogP contribution in [0.5, 0.6) is 0 Å². The van der Waals surface area contributed by atoms with Crippen LogP contribution in [-0.2, 0) is 6.42 Å². The SMILES string of the molecule is CCc1ccccc1NC(CO)CO. The van der Waals surface area contributed by atoms with Gasteiger partial charge in [-0.2, -0.15) is 0 Å². The highest BCUT2D eigenvalue weighted by Gasteiger charge is 2.06. The van der Waals surface area contributed by atoms with E-state index in [0.717, 1.165) is 12.1 Å². The maximum Gasteiger partial charge on any atom is 0.0723 e. The molecule has 1 rings (SSSR count). The van der Waals surface area contributed by atoms with E-state index in [1.54, 1.807) is 0 Å². The molecule has 0 heterocycles. The van der Waals surface area contributed by atoms with Gasteiger partial charge in [0.05, 0.1) is 19.3 Å². The van der Waals surface area contributed by atoms with Gasteiger partial charge in [-0.1, -0.05) is 25.1 Å². The van der Waals surface area contributed by atoms with E-state index in [1.165, 1.54) is 5.56 Å². The van der Waals surface area contributed by atoms with E-state index in [4.69, 9.17) is 10.2 Å². The van der Waals surface area contributed by atoms with Gasteiger partial charge in [0.1, 0.15) is 0 Å². The highest BCUT2D eigenvalue weighted by Crippen LogP contribution is 2.16. The molecule has 0 unspecified atom stereocenters. The van der Waals surface area contributed by atoms with Crippen molar-refractivity contribution in [1.29, 1.82) is 0 Å². The van der Waals surface area contributed by atoms with E-state index in [-0.39, 0.29) is 19.3 Å². The van der Waals surface area contributed by atoms with E-state index < -0.39 is 0 Å². The first-order valence-corrected chi connectivity index (χ1v) is 4.88. The Morgan fingerprint density at radius 2 is 1.86 bits per heavy atom. The van der Waals surface area contributed by atoms with Crippen molar-refractivity contribution in [1.82, 2.24) is 0 Å². The molecule has 0 aliphatic carbocycles. The second-order valence-electron chi connectivity index (χ2n) is 3.22. The molecular formula is C11H17NO2. The topological polar surface area (TPSA) is 52.5 Å². The van der Waals surface area contributed by atoms with Gasteiger partial charge in [0.25, 0.3) is 0 Å². The number of benzene rings is 1. The average molecular weight is 195 g/mol. The fourth-order valence-corrected chi connectivity index (χ4v) is 1.34. The Kier molecular flexibility index (Phi) is 4.43. The van der Waals surface area contributed by atoms with Gasteiger partial charge in [0.15, 0.2) is 0 Å². The number of rotatable bonds is 5. The molecule has 0 spiro atoms. The molecule has 0 saturated carbocycles. The molecule has 0 aliphatic heterocycles.